The lowest BCUT2D eigenvalue weighted by atomic mass is 10.1. The molecule has 1 aliphatic heterocycles. The molecule has 0 spiro atoms. The normalized spacial score (nSPS) is 15.5. The van der Waals surface area contributed by atoms with E-state index in [0.717, 1.165) is 32.5 Å². The molecule has 8 nitrogen and oxygen atoms in total. The molecule has 5 rings (SSSR count). The van der Waals surface area contributed by atoms with Gasteiger partial charge >= 0.3 is 6.03 Å². The van der Waals surface area contributed by atoms with Crippen LogP contribution in [0, 0.1) is 6.57 Å². The molecule has 3 aromatic rings. The van der Waals surface area contributed by atoms with Crippen LogP contribution in [0.25, 0.3) is 15.7 Å². The number of urea groups is 1. The first-order valence-electron chi connectivity index (χ1n) is 11.8. The molecule has 2 amide bonds. The number of aromatic nitrogens is 1. The van der Waals surface area contributed by atoms with E-state index in [1.165, 1.54) is 12.8 Å². The summed E-state index contributed by atoms with van der Waals surface area (Å²) in [6, 6.07) is 10.3. The van der Waals surface area contributed by atoms with E-state index < -0.39 is 0 Å². The number of fused-ring (bicyclic) bond motifs is 1. The highest BCUT2D eigenvalue weighted by Crippen LogP contribution is 2.38. The van der Waals surface area contributed by atoms with Crippen molar-refractivity contribution in [2.45, 2.75) is 31.7 Å². The average molecular weight is 492 g/mol. The topological polar surface area (TPSA) is 80.1 Å². The van der Waals surface area contributed by atoms with Crippen molar-refractivity contribution in [2.75, 3.05) is 31.6 Å². The Labute approximate surface area is 209 Å². The third kappa shape index (κ3) is 5.76. The highest BCUT2D eigenvalue weighted by molar-refractivity contribution is 6.33. The molecule has 1 saturated carbocycles. The molecule has 1 saturated heterocycles. The monoisotopic (exact) mass is 491 g/mol. The van der Waals surface area contributed by atoms with Crippen molar-refractivity contribution < 1.29 is 14.3 Å². The summed E-state index contributed by atoms with van der Waals surface area (Å²) in [5.74, 6) is 1.56. The molecule has 1 aliphatic carbocycles. The number of ether oxygens (including phenoxy) is 2. The number of nitrogens with zero attached hydrogens (tertiary/aromatic N) is 3. The summed E-state index contributed by atoms with van der Waals surface area (Å²) < 4.78 is 12.1. The summed E-state index contributed by atoms with van der Waals surface area (Å²) in [4.78, 5) is 22.6. The van der Waals surface area contributed by atoms with Crippen molar-refractivity contribution in [1.82, 2.24) is 15.2 Å². The van der Waals surface area contributed by atoms with Crippen molar-refractivity contribution >= 4 is 39.9 Å². The summed E-state index contributed by atoms with van der Waals surface area (Å²) in [7, 11) is 0. The van der Waals surface area contributed by atoms with Gasteiger partial charge in [-0.2, -0.15) is 0 Å². The maximum atomic E-state index is 12.1. The Morgan fingerprint density at radius 3 is 2.77 bits per heavy atom. The van der Waals surface area contributed by atoms with Crippen molar-refractivity contribution in [3.63, 3.8) is 0 Å². The quantitative estimate of drug-likeness (QED) is 0.378. The summed E-state index contributed by atoms with van der Waals surface area (Å²) in [6.45, 7) is 11.2. The van der Waals surface area contributed by atoms with E-state index in [2.05, 4.69) is 25.4 Å². The van der Waals surface area contributed by atoms with E-state index in [9.17, 15) is 4.79 Å². The highest BCUT2D eigenvalue weighted by atomic mass is 35.5. The molecule has 180 valence electrons. The Bertz CT molecular complexity index is 1280. The van der Waals surface area contributed by atoms with E-state index in [1.807, 2.05) is 0 Å². The predicted molar refractivity (Wildman–Crippen MR) is 136 cm³/mol. The first-order valence-corrected chi connectivity index (χ1v) is 12.2. The number of benzene rings is 2. The van der Waals surface area contributed by atoms with Crippen molar-refractivity contribution in [1.29, 1.82) is 0 Å². The van der Waals surface area contributed by atoms with Gasteiger partial charge in [0.25, 0.3) is 0 Å². The van der Waals surface area contributed by atoms with Gasteiger partial charge in [0.15, 0.2) is 0 Å². The second-order valence-corrected chi connectivity index (χ2v) is 9.18. The van der Waals surface area contributed by atoms with Gasteiger partial charge in [0.2, 0.25) is 5.69 Å². The van der Waals surface area contributed by atoms with Crippen molar-refractivity contribution in [2.24, 2.45) is 0 Å². The second-order valence-electron chi connectivity index (χ2n) is 8.77. The third-order valence-electron chi connectivity index (χ3n) is 6.09. The molecule has 2 fully saturated rings. The number of pyridine rings is 1. The van der Waals surface area contributed by atoms with Gasteiger partial charge in [-0.15, -0.1) is 0 Å². The zero-order valence-corrected chi connectivity index (χ0v) is 20.0. The van der Waals surface area contributed by atoms with Gasteiger partial charge in [-0.25, -0.2) is 9.64 Å². The number of hydrogen-bond donors (Lipinski definition) is 2. The van der Waals surface area contributed by atoms with E-state index in [1.54, 1.807) is 42.6 Å². The Hall–Kier alpha value is -3.54. The SMILES string of the molecule is [C-]#[N+]c1cc2c(Oc3ccc(Cl)c(NC(=O)NC4CC4)c3)ccnc2cc1OCCN1CCCC1. The standard InChI is InChI=1S/C26H26ClN5O3/c1-28-23-15-19-21(16-25(23)34-13-12-32-10-2-3-11-32)29-9-8-24(19)35-18-6-7-20(27)22(14-18)31-26(33)30-17-4-5-17/h6-9,14-17H,2-5,10-13H2,(H2,30,31,33). The van der Waals surface area contributed by atoms with Crippen LogP contribution in [-0.4, -0.2) is 48.2 Å². The highest BCUT2D eigenvalue weighted by Gasteiger charge is 2.23. The number of amides is 2. The van der Waals surface area contributed by atoms with Crippen LogP contribution in [0.3, 0.4) is 0 Å². The van der Waals surface area contributed by atoms with Gasteiger partial charge in [0.1, 0.15) is 17.2 Å². The molecule has 2 aromatic carbocycles. The van der Waals surface area contributed by atoms with Gasteiger partial charge in [-0.1, -0.05) is 11.6 Å². The van der Waals surface area contributed by atoms with Crippen LogP contribution in [-0.2, 0) is 0 Å². The number of hydrogen-bond acceptors (Lipinski definition) is 5. The number of halogens is 1. The van der Waals surface area contributed by atoms with Gasteiger partial charge < -0.3 is 20.1 Å². The molecular formula is C26H26ClN5O3. The first kappa shape index (κ1) is 23.2. The minimum atomic E-state index is -0.292. The second kappa shape index (κ2) is 10.4. The molecular weight excluding hydrogens is 466 g/mol. The number of rotatable bonds is 8. The molecule has 9 heteroatoms. The van der Waals surface area contributed by atoms with E-state index in [-0.39, 0.29) is 12.1 Å². The fraction of sp³-hybridized carbons (Fsp3) is 0.346. The molecule has 0 bridgehead atoms. The number of carbonyl (C=O) groups excluding carboxylic acids is 1. The summed E-state index contributed by atoms with van der Waals surface area (Å²) in [5.41, 5.74) is 1.53. The van der Waals surface area contributed by atoms with Gasteiger partial charge in [-0.3, -0.25) is 9.88 Å². The molecule has 2 aliphatic rings. The summed E-state index contributed by atoms with van der Waals surface area (Å²) >= 11 is 6.27. The molecule has 2 heterocycles. The number of likely N-dealkylation sites (tertiary alicyclic amines) is 1. The largest absolute Gasteiger partial charge is 0.503 e. The van der Waals surface area contributed by atoms with Crippen LogP contribution in [0.15, 0.2) is 42.6 Å². The third-order valence-corrected chi connectivity index (χ3v) is 6.42. The van der Waals surface area contributed by atoms with E-state index >= 15 is 0 Å². The molecule has 2 N–H and O–H groups in total. The molecule has 35 heavy (non-hydrogen) atoms. The van der Waals surface area contributed by atoms with Crippen molar-refractivity contribution in [3.8, 4) is 17.2 Å². The molecule has 0 radical (unpaired) electrons. The molecule has 0 atom stereocenters. The fourth-order valence-corrected chi connectivity index (χ4v) is 4.25. The summed E-state index contributed by atoms with van der Waals surface area (Å²) in [6.07, 6.45) is 6.11. The minimum absolute atomic E-state index is 0.238. The maximum Gasteiger partial charge on any atom is 0.319 e. The van der Waals surface area contributed by atoms with Crippen LogP contribution in [0.1, 0.15) is 25.7 Å². The smallest absolute Gasteiger partial charge is 0.319 e. The van der Waals surface area contributed by atoms with Crippen LogP contribution in [0.2, 0.25) is 5.02 Å². The number of nitrogens with one attached hydrogen (secondary N) is 2. The van der Waals surface area contributed by atoms with Gasteiger partial charge in [0, 0.05) is 30.2 Å². The zero-order valence-electron chi connectivity index (χ0n) is 19.2. The Morgan fingerprint density at radius 1 is 1.17 bits per heavy atom. The van der Waals surface area contributed by atoms with E-state index in [4.69, 9.17) is 27.6 Å². The maximum absolute atomic E-state index is 12.1. The predicted octanol–water partition coefficient (Wildman–Crippen LogP) is 5.99. The first-order chi connectivity index (χ1) is 17.1. The van der Waals surface area contributed by atoms with E-state index in [0.29, 0.717) is 51.2 Å². The molecule has 0 unspecified atom stereocenters. The van der Waals surface area contributed by atoms with Crippen LogP contribution >= 0.6 is 11.6 Å². The van der Waals surface area contributed by atoms with Crippen LogP contribution in [0.4, 0.5) is 16.2 Å². The fourth-order valence-electron chi connectivity index (χ4n) is 4.08. The van der Waals surface area contributed by atoms with Gasteiger partial charge in [0.05, 0.1) is 29.4 Å². The number of carbonyl (C=O) groups is 1. The Kier molecular flexibility index (Phi) is 6.89. The van der Waals surface area contributed by atoms with Gasteiger partial charge in [-0.05, 0) is 69.1 Å². The summed E-state index contributed by atoms with van der Waals surface area (Å²) in [5, 5.41) is 6.75. The average Bonchev–Trinajstić information content (AvgIpc) is 3.51. The zero-order chi connectivity index (χ0) is 24.2. The van der Waals surface area contributed by atoms with Crippen LogP contribution < -0.4 is 20.1 Å². The lowest BCUT2D eigenvalue weighted by Gasteiger charge is -2.16. The van der Waals surface area contributed by atoms with Crippen molar-refractivity contribution in [3.05, 3.63) is 59.0 Å². The number of anilines is 1. The Morgan fingerprint density at radius 2 is 2.00 bits per heavy atom. The lowest BCUT2D eigenvalue weighted by Crippen LogP contribution is -2.30. The Balaban J connectivity index is 1.34. The van der Waals surface area contributed by atoms with Crippen LogP contribution in [0.5, 0.6) is 17.2 Å². The minimum Gasteiger partial charge on any atom is -0.503 e. The molecule has 1 aromatic heterocycles. The lowest BCUT2D eigenvalue weighted by molar-refractivity contribution is 0.239.